The van der Waals surface area contributed by atoms with E-state index in [1.807, 2.05) is 21.0 Å². The molecule has 0 aliphatic carbocycles. The van der Waals surface area contributed by atoms with Crippen molar-refractivity contribution in [1.82, 2.24) is 4.90 Å². The number of hydrogen-bond acceptors (Lipinski definition) is 3. The SMILES string of the molecule is CC(CCN(C)C)Nc1cc(Cl)ccc1C(=O)O. The van der Waals surface area contributed by atoms with Gasteiger partial charge in [-0.1, -0.05) is 11.6 Å². The summed E-state index contributed by atoms with van der Waals surface area (Å²) in [6, 6.07) is 4.94. The second kappa shape index (κ2) is 6.61. The van der Waals surface area contributed by atoms with Crippen molar-refractivity contribution in [3.8, 4) is 0 Å². The van der Waals surface area contributed by atoms with Crippen LogP contribution < -0.4 is 5.32 Å². The third-order valence-electron chi connectivity index (χ3n) is 2.62. The van der Waals surface area contributed by atoms with Gasteiger partial charge in [0.2, 0.25) is 0 Å². The van der Waals surface area contributed by atoms with Crippen molar-refractivity contribution in [2.75, 3.05) is 26.0 Å². The van der Waals surface area contributed by atoms with Crippen LogP contribution in [-0.2, 0) is 0 Å². The van der Waals surface area contributed by atoms with Gasteiger partial charge >= 0.3 is 5.97 Å². The first-order valence-electron chi connectivity index (χ1n) is 5.84. The Kier molecular flexibility index (Phi) is 5.44. The number of carboxylic acids is 1. The molecule has 0 radical (unpaired) electrons. The molecule has 0 fully saturated rings. The van der Waals surface area contributed by atoms with E-state index in [1.54, 1.807) is 12.1 Å². The summed E-state index contributed by atoms with van der Waals surface area (Å²) in [5, 5.41) is 12.8. The summed E-state index contributed by atoms with van der Waals surface area (Å²) >= 11 is 5.89. The monoisotopic (exact) mass is 270 g/mol. The number of rotatable bonds is 6. The maximum absolute atomic E-state index is 11.1. The van der Waals surface area contributed by atoms with Crippen LogP contribution in [0.1, 0.15) is 23.7 Å². The van der Waals surface area contributed by atoms with E-state index < -0.39 is 5.97 Å². The molecule has 0 saturated heterocycles. The number of benzene rings is 1. The number of nitrogens with one attached hydrogen (secondary N) is 1. The first-order valence-corrected chi connectivity index (χ1v) is 6.22. The van der Waals surface area contributed by atoms with E-state index >= 15 is 0 Å². The number of anilines is 1. The van der Waals surface area contributed by atoms with E-state index in [9.17, 15) is 4.79 Å². The van der Waals surface area contributed by atoms with Crippen LogP contribution in [0, 0.1) is 0 Å². The molecule has 1 atom stereocenters. The quantitative estimate of drug-likeness (QED) is 0.835. The molecule has 0 aromatic heterocycles. The molecule has 0 saturated carbocycles. The summed E-state index contributed by atoms with van der Waals surface area (Å²) in [7, 11) is 4.02. The Bertz CT molecular complexity index is 421. The zero-order valence-corrected chi connectivity index (χ0v) is 11.7. The normalized spacial score (nSPS) is 12.5. The second-order valence-corrected chi connectivity index (χ2v) is 5.07. The summed E-state index contributed by atoms with van der Waals surface area (Å²) in [5.41, 5.74) is 0.817. The third kappa shape index (κ3) is 4.55. The predicted molar refractivity (Wildman–Crippen MR) is 74.7 cm³/mol. The molecular weight excluding hydrogens is 252 g/mol. The highest BCUT2D eigenvalue weighted by molar-refractivity contribution is 6.31. The largest absolute Gasteiger partial charge is 0.478 e. The first kappa shape index (κ1) is 14.8. The average Bonchev–Trinajstić information content (AvgIpc) is 2.26. The number of halogens is 1. The Morgan fingerprint density at radius 2 is 2.17 bits per heavy atom. The van der Waals surface area contributed by atoms with Crippen LogP contribution in [0.3, 0.4) is 0 Å². The van der Waals surface area contributed by atoms with Gasteiger partial charge in [-0.15, -0.1) is 0 Å². The molecule has 0 amide bonds. The molecule has 0 bridgehead atoms. The zero-order chi connectivity index (χ0) is 13.7. The summed E-state index contributed by atoms with van der Waals surface area (Å²) in [4.78, 5) is 13.2. The third-order valence-corrected chi connectivity index (χ3v) is 2.86. The van der Waals surface area contributed by atoms with Crippen LogP contribution in [0.25, 0.3) is 0 Å². The molecule has 18 heavy (non-hydrogen) atoms. The van der Waals surface area contributed by atoms with Crippen molar-refractivity contribution >= 4 is 23.3 Å². The second-order valence-electron chi connectivity index (χ2n) is 4.63. The molecule has 1 rings (SSSR count). The van der Waals surface area contributed by atoms with Gasteiger partial charge in [0.1, 0.15) is 0 Å². The van der Waals surface area contributed by atoms with Crippen molar-refractivity contribution in [2.24, 2.45) is 0 Å². The Morgan fingerprint density at radius 3 is 2.72 bits per heavy atom. The van der Waals surface area contributed by atoms with Gasteiger partial charge in [-0.3, -0.25) is 0 Å². The highest BCUT2D eigenvalue weighted by Gasteiger charge is 2.12. The number of carbonyl (C=O) groups is 1. The van der Waals surface area contributed by atoms with Crippen LogP contribution in [0.2, 0.25) is 5.02 Å². The Morgan fingerprint density at radius 1 is 1.50 bits per heavy atom. The van der Waals surface area contributed by atoms with Crippen molar-refractivity contribution < 1.29 is 9.90 Å². The minimum Gasteiger partial charge on any atom is -0.478 e. The van der Waals surface area contributed by atoms with E-state index in [0.29, 0.717) is 10.7 Å². The molecular formula is C13H19ClN2O2. The van der Waals surface area contributed by atoms with Gasteiger partial charge in [0.25, 0.3) is 0 Å². The van der Waals surface area contributed by atoms with E-state index in [1.165, 1.54) is 6.07 Å². The lowest BCUT2D eigenvalue weighted by atomic mass is 10.1. The van der Waals surface area contributed by atoms with E-state index in [2.05, 4.69) is 10.2 Å². The fourth-order valence-corrected chi connectivity index (χ4v) is 1.78. The molecule has 1 unspecified atom stereocenters. The lowest BCUT2D eigenvalue weighted by molar-refractivity contribution is 0.0698. The fourth-order valence-electron chi connectivity index (χ4n) is 1.61. The van der Waals surface area contributed by atoms with Gasteiger partial charge < -0.3 is 15.3 Å². The number of aromatic carboxylic acids is 1. The van der Waals surface area contributed by atoms with Crippen molar-refractivity contribution in [2.45, 2.75) is 19.4 Å². The first-order chi connectivity index (χ1) is 8.40. The molecule has 5 heteroatoms. The average molecular weight is 271 g/mol. The summed E-state index contributed by atoms with van der Waals surface area (Å²) in [6.07, 6.45) is 0.929. The Balaban J connectivity index is 2.76. The molecule has 4 nitrogen and oxygen atoms in total. The smallest absolute Gasteiger partial charge is 0.337 e. The van der Waals surface area contributed by atoms with Gasteiger partial charge in [0, 0.05) is 11.1 Å². The van der Waals surface area contributed by atoms with Gasteiger partial charge in [0.15, 0.2) is 0 Å². The highest BCUT2D eigenvalue weighted by atomic mass is 35.5. The molecule has 0 spiro atoms. The van der Waals surface area contributed by atoms with Gasteiger partial charge in [-0.2, -0.15) is 0 Å². The lowest BCUT2D eigenvalue weighted by Crippen LogP contribution is -2.23. The lowest BCUT2D eigenvalue weighted by Gasteiger charge is -2.19. The maximum atomic E-state index is 11.1. The molecule has 0 heterocycles. The van der Waals surface area contributed by atoms with Gasteiger partial charge in [-0.25, -0.2) is 4.79 Å². The Hall–Kier alpha value is -1.26. The predicted octanol–water partition coefficient (Wildman–Crippen LogP) is 2.79. The van der Waals surface area contributed by atoms with Gasteiger partial charge in [-0.05, 0) is 52.2 Å². The molecule has 1 aromatic rings. The number of nitrogens with zero attached hydrogens (tertiary/aromatic N) is 1. The molecule has 2 N–H and O–H groups in total. The van der Waals surface area contributed by atoms with Crippen molar-refractivity contribution in [3.05, 3.63) is 28.8 Å². The van der Waals surface area contributed by atoms with Crippen molar-refractivity contribution in [3.63, 3.8) is 0 Å². The minimum atomic E-state index is -0.950. The number of hydrogen-bond donors (Lipinski definition) is 2. The summed E-state index contributed by atoms with van der Waals surface area (Å²) in [6.45, 7) is 2.97. The summed E-state index contributed by atoms with van der Waals surface area (Å²) < 4.78 is 0. The molecule has 0 aliphatic rings. The fraction of sp³-hybridized carbons (Fsp3) is 0.462. The zero-order valence-electron chi connectivity index (χ0n) is 10.9. The van der Waals surface area contributed by atoms with E-state index in [4.69, 9.17) is 16.7 Å². The van der Waals surface area contributed by atoms with E-state index in [-0.39, 0.29) is 11.6 Å². The highest BCUT2D eigenvalue weighted by Crippen LogP contribution is 2.22. The van der Waals surface area contributed by atoms with Crippen molar-refractivity contribution in [1.29, 1.82) is 0 Å². The standard InChI is InChI=1S/C13H19ClN2O2/c1-9(6-7-16(2)3)15-12-8-10(14)4-5-11(12)13(17)18/h4-5,8-9,15H,6-7H2,1-3H3,(H,17,18). The van der Waals surface area contributed by atoms with E-state index in [0.717, 1.165) is 13.0 Å². The van der Waals surface area contributed by atoms with Crippen LogP contribution in [-0.4, -0.2) is 42.7 Å². The molecule has 0 aliphatic heterocycles. The Labute approximate surface area is 113 Å². The summed E-state index contributed by atoms with van der Waals surface area (Å²) in [5.74, 6) is -0.950. The van der Waals surface area contributed by atoms with Gasteiger partial charge in [0.05, 0.1) is 11.3 Å². The minimum absolute atomic E-state index is 0.184. The molecule has 100 valence electrons. The topological polar surface area (TPSA) is 52.6 Å². The van der Waals surface area contributed by atoms with Crippen LogP contribution >= 0.6 is 11.6 Å². The van der Waals surface area contributed by atoms with Crippen LogP contribution in [0.5, 0.6) is 0 Å². The number of carboxylic acid groups (broad SMARTS) is 1. The maximum Gasteiger partial charge on any atom is 0.337 e. The van der Waals surface area contributed by atoms with Crippen LogP contribution in [0.4, 0.5) is 5.69 Å². The van der Waals surface area contributed by atoms with Crippen LogP contribution in [0.15, 0.2) is 18.2 Å². The molecule has 1 aromatic carbocycles.